The third-order valence-corrected chi connectivity index (χ3v) is 9.32. The second kappa shape index (κ2) is 7.37. The molecule has 28 heavy (non-hydrogen) atoms. The van der Waals surface area contributed by atoms with Crippen LogP contribution < -0.4 is 10.4 Å². The van der Waals surface area contributed by atoms with E-state index in [9.17, 15) is 0 Å². The van der Waals surface area contributed by atoms with E-state index in [1.807, 2.05) is 6.20 Å². The molecule has 3 aromatic carbocycles. The van der Waals surface area contributed by atoms with E-state index in [0.717, 1.165) is 5.69 Å². The van der Waals surface area contributed by atoms with Crippen molar-refractivity contribution in [3.8, 4) is 11.3 Å². The predicted molar refractivity (Wildman–Crippen MR) is 124 cm³/mol. The molecule has 0 unspecified atom stereocenters. The quantitative estimate of drug-likeness (QED) is 0.404. The highest BCUT2D eigenvalue weighted by Crippen LogP contribution is 2.31. The van der Waals surface area contributed by atoms with Crippen LogP contribution in [-0.2, 0) is 0 Å². The molecule has 4 rings (SSSR count). The second-order valence-corrected chi connectivity index (χ2v) is 12.8. The van der Waals surface area contributed by atoms with Crippen LogP contribution in [0.2, 0.25) is 13.1 Å². The van der Waals surface area contributed by atoms with Crippen molar-refractivity contribution in [3.05, 3.63) is 90.6 Å². The number of pyridine rings is 1. The first kappa shape index (κ1) is 18.6. The maximum atomic E-state index is 4.75. The molecule has 2 heteroatoms. The van der Waals surface area contributed by atoms with Crippen molar-refractivity contribution in [3.63, 3.8) is 0 Å². The van der Waals surface area contributed by atoms with Gasteiger partial charge in [-0.15, -0.1) is 0 Å². The van der Waals surface area contributed by atoms with Crippen molar-refractivity contribution in [2.45, 2.75) is 32.9 Å². The van der Waals surface area contributed by atoms with Crippen molar-refractivity contribution in [1.29, 1.82) is 0 Å². The normalized spacial score (nSPS) is 11.9. The van der Waals surface area contributed by atoms with Gasteiger partial charge in [-0.25, -0.2) is 0 Å². The van der Waals surface area contributed by atoms with Crippen LogP contribution in [0, 0.1) is 0 Å². The van der Waals surface area contributed by atoms with Gasteiger partial charge in [0.05, 0.1) is 5.69 Å². The monoisotopic (exact) mass is 381 g/mol. The smallest absolute Gasteiger partial charge is 0.112 e. The minimum atomic E-state index is -1.75. The summed E-state index contributed by atoms with van der Waals surface area (Å²) in [6, 6.07) is 28.7. The molecule has 1 aromatic heterocycles. The van der Waals surface area contributed by atoms with Crippen molar-refractivity contribution >= 4 is 29.2 Å². The number of nitrogens with zero attached hydrogens (tertiary/aromatic N) is 1. The minimum Gasteiger partial charge on any atom is -0.256 e. The molecule has 4 aromatic rings. The molecule has 1 nitrogen and oxygen atoms in total. The van der Waals surface area contributed by atoms with Crippen LogP contribution in [0.3, 0.4) is 0 Å². The first-order valence-corrected chi connectivity index (χ1v) is 13.0. The SMILES string of the molecule is CC(C)c1cc(-c2cc([Si](C)(C)c3ccccc3)ccn2)cc2ccccc12. The molecule has 0 atom stereocenters. The van der Waals surface area contributed by atoms with Crippen LogP contribution in [0.5, 0.6) is 0 Å². The van der Waals surface area contributed by atoms with E-state index in [4.69, 9.17) is 4.98 Å². The Morgan fingerprint density at radius 1 is 0.750 bits per heavy atom. The highest BCUT2D eigenvalue weighted by Gasteiger charge is 2.26. The first-order valence-electron chi connectivity index (χ1n) is 10.0. The molecule has 0 aliphatic heterocycles. The standard InChI is InChI=1S/C26H27NSi/c1-19(2)25-17-21(16-20-10-8-9-13-24(20)25)26-18-23(14-15-27-26)28(3,4)22-11-6-5-7-12-22/h5-19H,1-4H3. The molecule has 0 amide bonds. The van der Waals surface area contributed by atoms with Gasteiger partial charge >= 0.3 is 0 Å². The summed E-state index contributed by atoms with van der Waals surface area (Å²) < 4.78 is 0. The number of fused-ring (bicyclic) bond motifs is 1. The molecule has 0 radical (unpaired) electrons. The summed E-state index contributed by atoms with van der Waals surface area (Å²) in [6.07, 6.45) is 1.98. The molecule has 1 heterocycles. The number of hydrogen-bond donors (Lipinski definition) is 0. The lowest BCUT2D eigenvalue weighted by Crippen LogP contribution is -2.52. The fourth-order valence-corrected chi connectivity index (χ4v) is 6.31. The van der Waals surface area contributed by atoms with E-state index in [-0.39, 0.29) is 0 Å². The Labute approximate surface area is 169 Å². The lowest BCUT2D eigenvalue weighted by Gasteiger charge is -2.24. The van der Waals surface area contributed by atoms with Crippen molar-refractivity contribution in [2.24, 2.45) is 0 Å². The Morgan fingerprint density at radius 3 is 2.21 bits per heavy atom. The molecule has 0 saturated heterocycles. The van der Waals surface area contributed by atoms with Gasteiger partial charge in [-0.05, 0) is 46.5 Å². The van der Waals surface area contributed by atoms with Gasteiger partial charge < -0.3 is 0 Å². The van der Waals surface area contributed by atoms with Crippen molar-refractivity contribution in [2.75, 3.05) is 0 Å². The number of benzene rings is 3. The Balaban J connectivity index is 1.84. The van der Waals surface area contributed by atoms with Crippen LogP contribution in [0.15, 0.2) is 85.1 Å². The van der Waals surface area contributed by atoms with Gasteiger partial charge in [-0.2, -0.15) is 0 Å². The molecule has 0 saturated carbocycles. The zero-order valence-corrected chi connectivity index (χ0v) is 18.1. The molecule has 0 N–H and O–H groups in total. The third kappa shape index (κ3) is 3.40. The largest absolute Gasteiger partial charge is 0.256 e. The third-order valence-electron chi connectivity index (χ3n) is 5.79. The molecule has 140 valence electrons. The highest BCUT2D eigenvalue weighted by molar-refractivity contribution is 7.00. The minimum absolute atomic E-state index is 0.475. The number of rotatable bonds is 4. The summed E-state index contributed by atoms with van der Waals surface area (Å²) in [4.78, 5) is 4.75. The molecular formula is C26H27NSi. The second-order valence-electron chi connectivity index (χ2n) is 8.36. The molecule has 0 fully saturated rings. The van der Waals surface area contributed by atoms with Crippen LogP contribution in [0.1, 0.15) is 25.3 Å². The van der Waals surface area contributed by atoms with E-state index in [1.165, 1.54) is 32.3 Å². The van der Waals surface area contributed by atoms with Gasteiger partial charge in [0.2, 0.25) is 0 Å². The molecule has 0 bridgehead atoms. The lowest BCUT2D eigenvalue weighted by molar-refractivity contribution is 0.876. The van der Waals surface area contributed by atoms with Gasteiger partial charge in [0.25, 0.3) is 0 Å². The summed E-state index contributed by atoms with van der Waals surface area (Å²) in [5, 5.41) is 5.50. The molecule has 0 aliphatic carbocycles. The maximum Gasteiger partial charge on any atom is 0.112 e. The van der Waals surface area contributed by atoms with Crippen molar-refractivity contribution < 1.29 is 0 Å². The number of hydrogen-bond acceptors (Lipinski definition) is 1. The molecule has 0 spiro atoms. The van der Waals surface area contributed by atoms with Crippen molar-refractivity contribution in [1.82, 2.24) is 4.98 Å². The molecular weight excluding hydrogens is 354 g/mol. The topological polar surface area (TPSA) is 12.9 Å². The summed E-state index contributed by atoms with van der Waals surface area (Å²) in [6.45, 7) is 9.37. The highest BCUT2D eigenvalue weighted by atomic mass is 28.3. The zero-order chi connectivity index (χ0) is 19.7. The van der Waals surface area contributed by atoms with Gasteiger partial charge in [0, 0.05) is 11.8 Å². The lowest BCUT2D eigenvalue weighted by atomic mass is 9.93. The zero-order valence-electron chi connectivity index (χ0n) is 17.1. The summed E-state index contributed by atoms with van der Waals surface area (Å²) in [5.74, 6) is 0.475. The van der Waals surface area contributed by atoms with Gasteiger partial charge in [0.1, 0.15) is 8.07 Å². The van der Waals surface area contributed by atoms with Crippen LogP contribution in [0.4, 0.5) is 0 Å². The Morgan fingerprint density at radius 2 is 1.46 bits per heavy atom. The van der Waals surface area contributed by atoms with Gasteiger partial charge in [0.15, 0.2) is 0 Å². The average molecular weight is 382 g/mol. The van der Waals surface area contributed by atoms with Crippen LogP contribution in [-0.4, -0.2) is 13.1 Å². The summed E-state index contributed by atoms with van der Waals surface area (Å²) in [5.41, 5.74) is 3.67. The van der Waals surface area contributed by atoms with Gasteiger partial charge in [-0.1, -0.05) is 91.9 Å². The average Bonchev–Trinajstić information content (AvgIpc) is 2.73. The fourth-order valence-electron chi connectivity index (χ4n) is 3.96. The fraction of sp³-hybridized carbons (Fsp3) is 0.192. The summed E-state index contributed by atoms with van der Waals surface area (Å²) in [7, 11) is -1.75. The van der Waals surface area contributed by atoms with E-state index in [1.54, 1.807) is 0 Å². The number of aromatic nitrogens is 1. The van der Waals surface area contributed by atoms with E-state index in [2.05, 4.69) is 106 Å². The van der Waals surface area contributed by atoms with E-state index >= 15 is 0 Å². The summed E-state index contributed by atoms with van der Waals surface area (Å²) >= 11 is 0. The molecule has 0 aliphatic rings. The predicted octanol–water partition coefficient (Wildman–Crippen LogP) is 5.85. The Kier molecular flexibility index (Phi) is 4.90. The van der Waals surface area contributed by atoms with Crippen LogP contribution >= 0.6 is 0 Å². The first-order chi connectivity index (χ1) is 13.5. The van der Waals surface area contributed by atoms with E-state index < -0.39 is 8.07 Å². The Hall–Kier alpha value is -2.71. The van der Waals surface area contributed by atoms with E-state index in [0.29, 0.717) is 5.92 Å². The maximum absolute atomic E-state index is 4.75. The van der Waals surface area contributed by atoms with Crippen LogP contribution in [0.25, 0.3) is 22.0 Å². The van der Waals surface area contributed by atoms with Gasteiger partial charge in [-0.3, -0.25) is 4.98 Å². The Bertz CT molecular complexity index is 1110.